The van der Waals surface area contributed by atoms with E-state index in [2.05, 4.69) is 5.32 Å². The van der Waals surface area contributed by atoms with Gasteiger partial charge in [0.2, 0.25) is 0 Å². The predicted octanol–water partition coefficient (Wildman–Crippen LogP) is 2.08. The fourth-order valence-electron chi connectivity index (χ4n) is 2.98. The molecule has 2 rings (SSSR count). The molecule has 2 atom stereocenters. The van der Waals surface area contributed by atoms with Gasteiger partial charge in [-0.05, 0) is 37.0 Å². The van der Waals surface area contributed by atoms with Gasteiger partial charge >= 0.3 is 17.8 Å². The maximum absolute atomic E-state index is 13.9. The Morgan fingerprint density at radius 3 is 2.21 bits per heavy atom. The van der Waals surface area contributed by atoms with Gasteiger partial charge in [-0.1, -0.05) is 42.5 Å². The maximum Gasteiger partial charge on any atom is 0.394 e. The molecule has 0 fully saturated rings. The zero-order chi connectivity index (χ0) is 21.6. The van der Waals surface area contributed by atoms with E-state index in [4.69, 9.17) is 5.11 Å². The molecule has 4 N–H and O–H groups in total. The Morgan fingerprint density at radius 2 is 1.69 bits per heavy atom. The average Bonchev–Trinajstić information content (AvgIpc) is 2.68. The van der Waals surface area contributed by atoms with Crippen LogP contribution in [0.1, 0.15) is 18.9 Å². The highest BCUT2D eigenvalue weighted by Gasteiger charge is 2.36. The largest absolute Gasteiger partial charge is 0.481 e. The number of nitrogens with one attached hydrogen (secondary N) is 1. The van der Waals surface area contributed by atoms with Crippen LogP contribution in [0.5, 0.6) is 0 Å². The second-order valence-electron chi connectivity index (χ2n) is 7.08. The molecule has 2 aromatic carbocycles. The zero-order valence-electron chi connectivity index (χ0n) is 15.8. The van der Waals surface area contributed by atoms with Crippen LogP contribution in [0.25, 0.3) is 11.1 Å². The van der Waals surface area contributed by atoms with Crippen LogP contribution in [0.3, 0.4) is 0 Å². The van der Waals surface area contributed by atoms with E-state index in [0.717, 1.165) is 0 Å². The minimum absolute atomic E-state index is 0.138. The summed E-state index contributed by atoms with van der Waals surface area (Å²) in [4.78, 5) is 33.9. The van der Waals surface area contributed by atoms with Crippen LogP contribution in [0, 0.1) is 11.2 Å². The van der Waals surface area contributed by atoms with E-state index in [1.165, 1.54) is 13.0 Å². The lowest BCUT2D eigenvalue weighted by atomic mass is 9.82. The predicted molar refractivity (Wildman–Crippen MR) is 103 cm³/mol. The lowest BCUT2D eigenvalue weighted by Gasteiger charge is -2.28. The van der Waals surface area contributed by atoms with Crippen molar-refractivity contribution in [3.8, 4) is 11.1 Å². The highest BCUT2D eigenvalue weighted by Crippen LogP contribution is 2.26. The van der Waals surface area contributed by atoms with Gasteiger partial charge in [-0.15, -0.1) is 0 Å². The Kier molecular flexibility index (Phi) is 7.06. The normalized spacial score (nSPS) is 13.9. The molecular weight excluding hydrogens is 381 g/mol. The van der Waals surface area contributed by atoms with Crippen molar-refractivity contribution in [3.05, 3.63) is 59.9 Å². The lowest BCUT2D eigenvalue weighted by Crippen LogP contribution is -2.46. The molecule has 29 heavy (non-hydrogen) atoms. The number of hydrogen-bond acceptors (Lipinski definition) is 4. The number of carbonyl (C=O) groups is 3. The van der Waals surface area contributed by atoms with E-state index < -0.39 is 35.9 Å². The summed E-state index contributed by atoms with van der Waals surface area (Å²) in [5.74, 6) is -4.58. The summed E-state index contributed by atoms with van der Waals surface area (Å²) in [5.41, 5.74) is 0.201. The van der Waals surface area contributed by atoms with Crippen LogP contribution in [-0.4, -0.2) is 45.8 Å². The number of hydrogen-bond donors (Lipinski definition) is 4. The van der Waals surface area contributed by atoms with Gasteiger partial charge in [-0.2, -0.15) is 0 Å². The molecule has 7 nitrogen and oxygen atoms in total. The molecule has 0 bridgehead atoms. The van der Waals surface area contributed by atoms with Gasteiger partial charge in [0.15, 0.2) is 0 Å². The van der Waals surface area contributed by atoms with E-state index in [0.29, 0.717) is 16.7 Å². The van der Waals surface area contributed by atoms with Crippen molar-refractivity contribution >= 4 is 17.8 Å². The maximum atomic E-state index is 13.9. The van der Waals surface area contributed by atoms with E-state index in [1.807, 2.05) is 0 Å². The summed E-state index contributed by atoms with van der Waals surface area (Å²) < 4.78 is 13.9. The number of halogens is 1. The first-order chi connectivity index (χ1) is 13.7. The number of amides is 1. The van der Waals surface area contributed by atoms with Crippen molar-refractivity contribution < 1.29 is 34.1 Å². The quantitative estimate of drug-likeness (QED) is 0.501. The molecule has 0 spiro atoms. The smallest absolute Gasteiger partial charge is 0.394 e. The van der Waals surface area contributed by atoms with Crippen LogP contribution in [0.2, 0.25) is 0 Å². The standard InChI is InChI=1S/C21H22FNO6/c1-21(12-24,20(28)29)11-15(23-18(25)19(26)27)10-13-6-8-14(9-7-13)16-4-2-3-5-17(16)22/h2-9,15,24H,10-12H2,1H3,(H,23,25)(H,26,27)(H,28,29)/t15-,21+/m1/s1. The van der Waals surface area contributed by atoms with Gasteiger partial charge in [0, 0.05) is 11.6 Å². The lowest BCUT2D eigenvalue weighted by molar-refractivity contribution is -0.152. The van der Waals surface area contributed by atoms with Crippen LogP contribution >= 0.6 is 0 Å². The summed E-state index contributed by atoms with van der Waals surface area (Å²) in [6, 6.07) is 12.2. The molecule has 0 heterocycles. The first-order valence-corrected chi connectivity index (χ1v) is 8.88. The minimum atomic E-state index is -1.69. The third-order valence-corrected chi connectivity index (χ3v) is 4.71. The molecule has 0 radical (unpaired) electrons. The second kappa shape index (κ2) is 9.29. The van der Waals surface area contributed by atoms with Crippen molar-refractivity contribution in [2.45, 2.75) is 25.8 Å². The molecule has 0 saturated heterocycles. The Bertz CT molecular complexity index is 898. The monoisotopic (exact) mass is 403 g/mol. The number of carbonyl (C=O) groups excluding carboxylic acids is 1. The molecule has 8 heteroatoms. The number of carboxylic acid groups (broad SMARTS) is 2. The molecule has 0 aliphatic heterocycles. The van der Waals surface area contributed by atoms with Crippen LogP contribution in [-0.2, 0) is 20.8 Å². The molecule has 0 aliphatic carbocycles. The van der Waals surface area contributed by atoms with Crippen molar-refractivity contribution in [3.63, 3.8) is 0 Å². The van der Waals surface area contributed by atoms with Gasteiger partial charge in [0.1, 0.15) is 5.82 Å². The fraction of sp³-hybridized carbons (Fsp3) is 0.286. The zero-order valence-corrected chi connectivity index (χ0v) is 15.8. The minimum Gasteiger partial charge on any atom is -0.481 e. The fourth-order valence-corrected chi connectivity index (χ4v) is 2.98. The summed E-state index contributed by atoms with van der Waals surface area (Å²) in [7, 11) is 0. The van der Waals surface area contributed by atoms with E-state index >= 15 is 0 Å². The first-order valence-electron chi connectivity index (χ1n) is 8.88. The van der Waals surface area contributed by atoms with Crippen molar-refractivity contribution in [1.82, 2.24) is 5.32 Å². The van der Waals surface area contributed by atoms with Gasteiger partial charge in [0.25, 0.3) is 0 Å². The molecule has 1 amide bonds. The number of carboxylic acids is 2. The molecule has 2 aromatic rings. The molecule has 0 aliphatic rings. The Hall–Kier alpha value is -3.26. The third-order valence-electron chi connectivity index (χ3n) is 4.71. The van der Waals surface area contributed by atoms with E-state index in [9.17, 15) is 29.0 Å². The first kappa shape index (κ1) is 22.0. The number of rotatable bonds is 8. The van der Waals surface area contributed by atoms with Gasteiger partial charge in [-0.3, -0.25) is 9.59 Å². The molecule has 0 unspecified atom stereocenters. The number of aliphatic hydroxyl groups is 1. The molecular formula is C21H22FNO6. The van der Waals surface area contributed by atoms with Crippen LogP contribution < -0.4 is 5.32 Å². The van der Waals surface area contributed by atoms with E-state index in [1.54, 1.807) is 42.5 Å². The SMILES string of the molecule is C[C@@](CO)(C[C@@H](Cc1ccc(-c2ccccc2F)cc1)NC(=O)C(=O)O)C(=O)O. The van der Waals surface area contributed by atoms with Crippen molar-refractivity contribution in [2.75, 3.05) is 6.61 Å². The van der Waals surface area contributed by atoms with Crippen molar-refractivity contribution in [1.29, 1.82) is 0 Å². The number of benzene rings is 2. The summed E-state index contributed by atoms with van der Waals surface area (Å²) >= 11 is 0. The third kappa shape index (κ3) is 5.61. The van der Waals surface area contributed by atoms with Crippen LogP contribution in [0.15, 0.2) is 48.5 Å². The van der Waals surface area contributed by atoms with E-state index in [-0.39, 0.29) is 18.7 Å². The van der Waals surface area contributed by atoms with Gasteiger partial charge in [0.05, 0.1) is 12.0 Å². The van der Waals surface area contributed by atoms with Gasteiger partial charge < -0.3 is 20.6 Å². The Balaban J connectivity index is 2.23. The second-order valence-corrected chi connectivity index (χ2v) is 7.08. The molecule has 154 valence electrons. The summed E-state index contributed by atoms with van der Waals surface area (Å²) in [6.07, 6.45) is -0.0354. The molecule has 0 aromatic heterocycles. The summed E-state index contributed by atoms with van der Waals surface area (Å²) in [6.45, 7) is 0.643. The number of aliphatic hydroxyl groups excluding tert-OH is 1. The Labute approximate surface area is 166 Å². The number of aliphatic carboxylic acids is 2. The van der Waals surface area contributed by atoms with Crippen molar-refractivity contribution in [2.24, 2.45) is 5.41 Å². The molecule has 0 saturated carbocycles. The average molecular weight is 403 g/mol. The Morgan fingerprint density at radius 1 is 1.07 bits per heavy atom. The van der Waals surface area contributed by atoms with Gasteiger partial charge in [-0.25, -0.2) is 9.18 Å². The summed E-state index contributed by atoms with van der Waals surface area (Å²) in [5, 5.41) is 29.9. The topological polar surface area (TPSA) is 124 Å². The van der Waals surface area contributed by atoms with Crippen LogP contribution in [0.4, 0.5) is 4.39 Å². The highest BCUT2D eigenvalue weighted by molar-refractivity contribution is 6.31. The highest BCUT2D eigenvalue weighted by atomic mass is 19.1.